The fourth-order valence-corrected chi connectivity index (χ4v) is 2.14. The van der Waals surface area contributed by atoms with Crippen molar-refractivity contribution in [1.29, 1.82) is 0 Å². The molecule has 0 saturated heterocycles. The number of hydrogen-bond donors (Lipinski definition) is 1. The Labute approximate surface area is 135 Å². The third-order valence-corrected chi connectivity index (χ3v) is 3.17. The van der Waals surface area contributed by atoms with Crippen LogP contribution in [-0.2, 0) is 23.9 Å². The predicted molar refractivity (Wildman–Crippen MR) is 75.0 cm³/mol. The molecule has 1 atom stereocenters. The van der Waals surface area contributed by atoms with Crippen LogP contribution in [0, 0.1) is 11.7 Å². The van der Waals surface area contributed by atoms with Crippen molar-refractivity contribution in [1.82, 2.24) is 15.5 Å². The van der Waals surface area contributed by atoms with E-state index in [0.717, 1.165) is 5.56 Å². The van der Waals surface area contributed by atoms with Crippen LogP contribution in [0.1, 0.15) is 30.6 Å². The molecular weight excluding hydrogens is 330 g/mol. The number of rotatable bonds is 6. The Morgan fingerprint density at radius 2 is 2.12 bits per heavy atom. The van der Waals surface area contributed by atoms with Crippen LogP contribution >= 0.6 is 0 Å². The van der Waals surface area contributed by atoms with Gasteiger partial charge < -0.3 is 9.84 Å². The highest BCUT2D eigenvalue weighted by Crippen LogP contribution is 2.26. The summed E-state index contributed by atoms with van der Waals surface area (Å²) in [5, 5.41) is 5.21. The lowest BCUT2D eigenvalue weighted by molar-refractivity contribution is -0.146. The number of halogens is 4. The molecule has 1 heterocycles. The summed E-state index contributed by atoms with van der Waals surface area (Å²) in [7, 11) is 0. The molecule has 2 aromatic rings. The zero-order valence-corrected chi connectivity index (χ0v) is 12.7. The van der Waals surface area contributed by atoms with Crippen molar-refractivity contribution in [3.05, 3.63) is 47.4 Å². The van der Waals surface area contributed by atoms with Crippen LogP contribution < -0.4 is 5.32 Å². The van der Waals surface area contributed by atoms with Crippen molar-refractivity contribution in [2.75, 3.05) is 0 Å². The Bertz CT molecular complexity index is 700. The van der Waals surface area contributed by atoms with Crippen LogP contribution in [0.3, 0.4) is 0 Å². The van der Waals surface area contributed by atoms with E-state index in [0.29, 0.717) is 6.42 Å². The van der Waals surface area contributed by atoms with Gasteiger partial charge in [-0.2, -0.15) is 18.2 Å². The second kappa shape index (κ2) is 7.41. The number of aromatic nitrogens is 2. The molecule has 0 bridgehead atoms. The largest absolute Gasteiger partial charge is 0.455 e. The molecule has 0 aliphatic heterocycles. The third-order valence-electron chi connectivity index (χ3n) is 3.17. The molecule has 0 aliphatic carbocycles. The summed E-state index contributed by atoms with van der Waals surface area (Å²) in [6, 6.07) is 6.08. The van der Waals surface area contributed by atoms with Gasteiger partial charge >= 0.3 is 6.18 Å². The molecular formula is C15H15F4N3O2. The summed E-state index contributed by atoms with van der Waals surface area (Å²) in [6.45, 7) is 1.54. The Hall–Kier alpha value is -2.45. The van der Waals surface area contributed by atoms with Crippen LogP contribution in [0.4, 0.5) is 17.6 Å². The van der Waals surface area contributed by atoms with Gasteiger partial charge in [-0.25, -0.2) is 4.39 Å². The highest BCUT2D eigenvalue weighted by molar-refractivity contribution is 5.76. The van der Waals surface area contributed by atoms with Gasteiger partial charge in [0.2, 0.25) is 11.8 Å². The molecule has 9 heteroatoms. The number of nitrogens with zero attached hydrogens (tertiary/aromatic N) is 2. The van der Waals surface area contributed by atoms with Gasteiger partial charge in [0.15, 0.2) is 0 Å². The molecule has 0 radical (unpaired) electrons. The Morgan fingerprint density at radius 3 is 2.75 bits per heavy atom. The monoisotopic (exact) mass is 345 g/mol. The first-order valence-corrected chi connectivity index (χ1v) is 7.15. The third kappa shape index (κ3) is 5.32. The molecule has 130 valence electrons. The molecule has 24 heavy (non-hydrogen) atoms. The smallest absolute Gasteiger partial charge is 0.347 e. The molecule has 5 nitrogen and oxygen atoms in total. The normalized spacial score (nSPS) is 12.9. The van der Waals surface area contributed by atoms with E-state index in [1.54, 1.807) is 12.1 Å². The lowest BCUT2D eigenvalue weighted by atomic mass is 9.98. The van der Waals surface area contributed by atoms with E-state index >= 15 is 0 Å². The average molecular weight is 345 g/mol. The van der Waals surface area contributed by atoms with E-state index in [4.69, 9.17) is 0 Å². The van der Waals surface area contributed by atoms with Gasteiger partial charge in [0.05, 0.1) is 6.54 Å². The number of carbonyl (C=O) groups excluding carboxylic acids is 1. The highest BCUT2D eigenvalue weighted by Gasteiger charge is 2.37. The number of alkyl halides is 3. The Kier molecular flexibility index (Phi) is 5.53. The van der Waals surface area contributed by atoms with Gasteiger partial charge in [0.25, 0.3) is 5.82 Å². The fourth-order valence-electron chi connectivity index (χ4n) is 2.14. The minimum atomic E-state index is -4.69. The van der Waals surface area contributed by atoms with E-state index in [2.05, 4.69) is 20.0 Å². The standard InChI is InChI=1S/C15H15F4N3O2/c1-9(5-10-3-2-4-11(16)7-10)6-12(23)20-8-13-21-14(22-24-13)15(17,18)19/h2-4,7,9H,5-6,8H2,1H3,(H,20,23). The minimum Gasteiger partial charge on any atom is -0.347 e. The zero-order chi connectivity index (χ0) is 17.7. The predicted octanol–water partition coefficient (Wildman–Crippen LogP) is 3.11. The minimum absolute atomic E-state index is 0.0692. The van der Waals surface area contributed by atoms with Crippen molar-refractivity contribution in [3.8, 4) is 0 Å². The summed E-state index contributed by atoms with van der Waals surface area (Å²) in [6.07, 6.45) is -4.05. The van der Waals surface area contributed by atoms with Gasteiger partial charge in [0, 0.05) is 6.42 Å². The van der Waals surface area contributed by atoms with Crippen molar-refractivity contribution < 1.29 is 26.9 Å². The summed E-state index contributed by atoms with van der Waals surface area (Å²) < 4.78 is 54.4. The summed E-state index contributed by atoms with van der Waals surface area (Å²) in [4.78, 5) is 14.9. The maximum atomic E-state index is 13.1. The van der Waals surface area contributed by atoms with Crippen molar-refractivity contribution in [3.63, 3.8) is 0 Å². The van der Waals surface area contributed by atoms with E-state index in [1.165, 1.54) is 12.1 Å². The molecule has 1 aromatic carbocycles. The number of nitrogens with one attached hydrogen (secondary N) is 1. The maximum absolute atomic E-state index is 13.1. The number of benzene rings is 1. The molecule has 1 aromatic heterocycles. The van der Waals surface area contributed by atoms with Crippen molar-refractivity contribution in [2.45, 2.75) is 32.5 Å². The lowest BCUT2D eigenvalue weighted by Gasteiger charge is -2.11. The van der Waals surface area contributed by atoms with Crippen LogP contribution in [0.25, 0.3) is 0 Å². The zero-order valence-electron chi connectivity index (χ0n) is 12.7. The second-order valence-electron chi connectivity index (χ2n) is 5.43. The molecule has 0 spiro atoms. The SMILES string of the molecule is CC(CC(=O)NCc1nc(C(F)(F)F)no1)Cc1cccc(F)c1. The summed E-state index contributed by atoms with van der Waals surface area (Å²) in [5.74, 6) is -2.49. The highest BCUT2D eigenvalue weighted by atomic mass is 19.4. The fraction of sp³-hybridized carbons (Fsp3) is 0.400. The topological polar surface area (TPSA) is 68.0 Å². The van der Waals surface area contributed by atoms with Crippen LogP contribution in [0.15, 0.2) is 28.8 Å². The number of hydrogen-bond acceptors (Lipinski definition) is 4. The second-order valence-corrected chi connectivity index (χ2v) is 5.43. The van der Waals surface area contributed by atoms with Gasteiger partial charge in [-0.1, -0.05) is 24.2 Å². The van der Waals surface area contributed by atoms with Gasteiger partial charge in [-0.3, -0.25) is 4.79 Å². The summed E-state index contributed by atoms with van der Waals surface area (Å²) >= 11 is 0. The molecule has 0 saturated carbocycles. The van der Waals surface area contributed by atoms with E-state index in [9.17, 15) is 22.4 Å². The van der Waals surface area contributed by atoms with Gasteiger partial charge in [-0.15, -0.1) is 0 Å². The van der Waals surface area contributed by atoms with E-state index in [-0.39, 0.29) is 36.5 Å². The van der Waals surface area contributed by atoms with Crippen LogP contribution in [-0.4, -0.2) is 16.0 Å². The van der Waals surface area contributed by atoms with Gasteiger partial charge in [-0.05, 0) is 30.0 Å². The van der Waals surface area contributed by atoms with E-state index in [1.807, 2.05) is 6.92 Å². The molecule has 1 unspecified atom stereocenters. The Balaban J connectivity index is 1.79. The van der Waals surface area contributed by atoms with Crippen LogP contribution in [0.5, 0.6) is 0 Å². The Morgan fingerprint density at radius 1 is 1.38 bits per heavy atom. The molecule has 0 aliphatic rings. The van der Waals surface area contributed by atoms with Crippen molar-refractivity contribution >= 4 is 5.91 Å². The van der Waals surface area contributed by atoms with E-state index < -0.39 is 12.0 Å². The molecule has 1 N–H and O–H groups in total. The van der Waals surface area contributed by atoms with Crippen LogP contribution in [0.2, 0.25) is 0 Å². The first kappa shape index (κ1) is 17.9. The molecule has 2 rings (SSSR count). The summed E-state index contributed by atoms with van der Waals surface area (Å²) in [5.41, 5.74) is 0.766. The first-order valence-electron chi connectivity index (χ1n) is 7.15. The maximum Gasteiger partial charge on any atom is 0.455 e. The number of amides is 1. The first-order chi connectivity index (χ1) is 11.2. The molecule has 0 fully saturated rings. The quantitative estimate of drug-likeness (QED) is 0.817. The van der Waals surface area contributed by atoms with Gasteiger partial charge in [0.1, 0.15) is 5.82 Å². The number of carbonyl (C=O) groups is 1. The average Bonchev–Trinajstić information content (AvgIpc) is 2.94. The van der Waals surface area contributed by atoms with Crippen molar-refractivity contribution in [2.24, 2.45) is 5.92 Å². The lowest BCUT2D eigenvalue weighted by Crippen LogP contribution is -2.25. The molecule has 1 amide bonds.